The van der Waals surface area contributed by atoms with E-state index in [2.05, 4.69) is 4.72 Å². The highest BCUT2D eigenvalue weighted by Crippen LogP contribution is 2.01. The molecule has 4 nitrogen and oxygen atoms in total. The van der Waals surface area contributed by atoms with Crippen LogP contribution in [0.15, 0.2) is 0 Å². The molecule has 0 saturated carbocycles. The molecule has 0 rings (SSSR count). The minimum absolute atomic E-state index is 0.199. The molecule has 0 bridgehead atoms. The zero-order valence-electron chi connectivity index (χ0n) is 7.71. The molecule has 0 radical (unpaired) electrons. The Morgan fingerprint density at radius 2 is 2.00 bits per heavy atom. The summed E-state index contributed by atoms with van der Waals surface area (Å²) in [6.45, 7) is 4.68. The summed E-state index contributed by atoms with van der Waals surface area (Å²) < 4.78 is 24.7. The van der Waals surface area contributed by atoms with Gasteiger partial charge in [0.05, 0.1) is 5.75 Å². The quantitative estimate of drug-likeness (QED) is 0.620. The summed E-state index contributed by atoms with van der Waals surface area (Å²) in [4.78, 5) is 0. The van der Waals surface area contributed by atoms with Gasteiger partial charge in [0, 0.05) is 13.1 Å². The summed E-state index contributed by atoms with van der Waals surface area (Å²) in [6, 6.07) is 0. The SMILES string of the molecule is CC(C)CCS(=O)(=O)NCCN. The first-order chi connectivity index (χ1) is 5.48. The second kappa shape index (κ2) is 5.50. The van der Waals surface area contributed by atoms with Gasteiger partial charge in [0.15, 0.2) is 0 Å². The molecule has 0 atom stereocenters. The highest BCUT2D eigenvalue weighted by atomic mass is 32.2. The summed E-state index contributed by atoms with van der Waals surface area (Å²) in [5.74, 6) is 0.615. The first-order valence-electron chi connectivity index (χ1n) is 4.15. The fourth-order valence-corrected chi connectivity index (χ4v) is 2.03. The van der Waals surface area contributed by atoms with Gasteiger partial charge in [-0.25, -0.2) is 13.1 Å². The van der Waals surface area contributed by atoms with Crippen molar-refractivity contribution in [2.45, 2.75) is 20.3 Å². The fraction of sp³-hybridized carbons (Fsp3) is 1.00. The molecule has 0 aromatic heterocycles. The summed E-state index contributed by atoms with van der Waals surface area (Å²) in [6.07, 6.45) is 0.694. The van der Waals surface area contributed by atoms with Crippen LogP contribution in [0, 0.1) is 5.92 Å². The van der Waals surface area contributed by atoms with Crippen molar-refractivity contribution in [1.82, 2.24) is 4.72 Å². The number of hydrogen-bond acceptors (Lipinski definition) is 3. The van der Waals surface area contributed by atoms with Gasteiger partial charge in [0.2, 0.25) is 10.0 Å². The van der Waals surface area contributed by atoms with E-state index < -0.39 is 10.0 Å². The van der Waals surface area contributed by atoms with E-state index in [0.717, 1.165) is 0 Å². The van der Waals surface area contributed by atoms with E-state index in [9.17, 15) is 8.42 Å². The van der Waals surface area contributed by atoms with Gasteiger partial charge in [0.1, 0.15) is 0 Å². The molecule has 12 heavy (non-hydrogen) atoms. The van der Waals surface area contributed by atoms with E-state index in [-0.39, 0.29) is 5.75 Å². The van der Waals surface area contributed by atoms with Crippen LogP contribution in [0.25, 0.3) is 0 Å². The molecule has 0 aromatic carbocycles. The molecule has 0 unspecified atom stereocenters. The summed E-state index contributed by atoms with van der Waals surface area (Å²) in [5, 5.41) is 0. The van der Waals surface area contributed by atoms with E-state index in [1.54, 1.807) is 0 Å². The van der Waals surface area contributed by atoms with Gasteiger partial charge >= 0.3 is 0 Å². The van der Waals surface area contributed by atoms with Gasteiger partial charge in [-0.2, -0.15) is 0 Å². The van der Waals surface area contributed by atoms with E-state index in [1.807, 2.05) is 13.8 Å². The maximum absolute atomic E-state index is 11.1. The van der Waals surface area contributed by atoms with Crippen LogP contribution in [0.4, 0.5) is 0 Å². The van der Waals surface area contributed by atoms with Crippen LogP contribution in [0.1, 0.15) is 20.3 Å². The number of nitrogens with one attached hydrogen (secondary N) is 1. The van der Waals surface area contributed by atoms with Crippen molar-refractivity contribution in [3.05, 3.63) is 0 Å². The molecule has 0 fully saturated rings. The molecule has 5 heteroatoms. The van der Waals surface area contributed by atoms with E-state index >= 15 is 0 Å². The number of hydrogen-bond donors (Lipinski definition) is 2. The molecule has 0 spiro atoms. The first kappa shape index (κ1) is 11.9. The average Bonchev–Trinajstić information content (AvgIpc) is 1.98. The Balaban J connectivity index is 3.73. The standard InChI is InChI=1S/C7H18N2O2S/c1-7(2)3-6-12(10,11)9-5-4-8/h7,9H,3-6,8H2,1-2H3. The molecule has 0 aliphatic carbocycles. The molecule has 74 valence electrons. The minimum atomic E-state index is -3.07. The third-order valence-electron chi connectivity index (χ3n) is 1.43. The molecule has 0 aromatic rings. The molecule has 3 N–H and O–H groups in total. The Hall–Kier alpha value is -0.130. The van der Waals surface area contributed by atoms with Gasteiger partial charge in [-0.3, -0.25) is 0 Å². The average molecular weight is 194 g/mol. The maximum Gasteiger partial charge on any atom is 0.211 e. The van der Waals surface area contributed by atoms with Crippen LogP contribution in [0.2, 0.25) is 0 Å². The van der Waals surface area contributed by atoms with E-state index in [4.69, 9.17) is 5.73 Å². The van der Waals surface area contributed by atoms with Crippen LogP contribution < -0.4 is 10.5 Å². The van der Waals surface area contributed by atoms with Crippen molar-refractivity contribution in [2.75, 3.05) is 18.8 Å². The van der Waals surface area contributed by atoms with Gasteiger partial charge in [-0.1, -0.05) is 13.8 Å². The summed E-state index contributed by atoms with van der Waals surface area (Å²) >= 11 is 0. The predicted molar refractivity (Wildman–Crippen MR) is 50.3 cm³/mol. The topological polar surface area (TPSA) is 72.2 Å². The highest BCUT2D eigenvalue weighted by Gasteiger charge is 2.09. The Labute approximate surface area is 74.6 Å². The second-order valence-corrected chi connectivity index (χ2v) is 5.11. The lowest BCUT2D eigenvalue weighted by Crippen LogP contribution is -2.31. The third-order valence-corrected chi connectivity index (χ3v) is 2.85. The lowest BCUT2D eigenvalue weighted by Gasteiger charge is -2.06. The molecule has 0 aliphatic heterocycles. The van der Waals surface area contributed by atoms with E-state index in [1.165, 1.54) is 0 Å². The normalized spacial score (nSPS) is 12.3. The Bertz CT molecular complexity index is 199. The minimum Gasteiger partial charge on any atom is -0.329 e. The van der Waals surface area contributed by atoms with Gasteiger partial charge < -0.3 is 5.73 Å². The van der Waals surface area contributed by atoms with E-state index in [0.29, 0.717) is 25.4 Å². The predicted octanol–water partition coefficient (Wildman–Crippen LogP) is -0.0894. The van der Waals surface area contributed by atoms with Crippen LogP contribution in [-0.2, 0) is 10.0 Å². The largest absolute Gasteiger partial charge is 0.329 e. The van der Waals surface area contributed by atoms with Crippen LogP contribution in [0.3, 0.4) is 0 Å². The van der Waals surface area contributed by atoms with Crippen molar-refractivity contribution in [3.63, 3.8) is 0 Å². The number of rotatable bonds is 6. The lowest BCUT2D eigenvalue weighted by molar-refractivity contribution is 0.562. The zero-order chi connectivity index (χ0) is 9.61. The fourth-order valence-electron chi connectivity index (χ4n) is 0.677. The second-order valence-electron chi connectivity index (χ2n) is 3.18. The number of sulfonamides is 1. The van der Waals surface area contributed by atoms with Crippen LogP contribution in [-0.4, -0.2) is 27.3 Å². The molecule has 0 aliphatic rings. The smallest absolute Gasteiger partial charge is 0.211 e. The molecule has 0 heterocycles. The van der Waals surface area contributed by atoms with Gasteiger partial charge in [-0.05, 0) is 12.3 Å². The molecular weight excluding hydrogens is 176 g/mol. The van der Waals surface area contributed by atoms with Gasteiger partial charge in [0.25, 0.3) is 0 Å². The van der Waals surface area contributed by atoms with Crippen molar-refractivity contribution in [3.8, 4) is 0 Å². The lowest BCUT2D eigenvalue weighted by atomic mass is 10.2. The summed E-state index contributed by atoms with van der Waals surface area (Å²) in [7, 11) is -3.07. The van der Waals surface area contributed by atoms with Gasteiger partial charge in [-0.15, -0.1) is 0 Å². The Morgan fingerprint density at radius 1 is 1.42 bits per heavy atom. The summed E-state index contributed by atoms with van der Waals surface area (Å²) in [5.41, 5.74) is 5.16. The molecular formula is C7H18N2O2S. The monoisotopic (exact) mass is 194 g/mol. The Kier molecular flexibility index (Phi) is 5.44. The van der Waals surface area contributed by atoms with Crippen molar-refractivity contribution < 1.29 is 8.42 Å². The van der Waals surface area contributed by atoms with Crippen LogP contribution >= 0.6 is 0 Å². The highest BCUT2D eigenvalue weighted by molar-refractivity contribution is 7.89. The third kappa shape index (κ3) is 6.57. The Morgan fingerprint density at radius 3 is 2.42 bits per heavy atom. The number of nitrogens with two attached hydrogens (primary N) is 1. The zero-order valence-corrected chi connectivity index (χ0v) is 8.52. The molecule has 0 amide bonds. The van der Waals surface area contributed by atoms with Crippen molar-refractivity contribution in [2.24, 2.45) is 11.7 Å². The molecule has 0 saturated heterocycles. The van der Waals surface area contributed by atoms with Crippen molar-refractivity contribution >= 4 is 10.0 Å². The van der Waals surface area contributed by atoms with Crippen LogP contribution in [0.5, 0.6) is 0 Å². The van der Waals surface area contributed by atoms with Crippen molar-refractivity contribution in [1.29, 1.82) is 0 Å². The first-order valence-corrected chi connectivity index (χ1v) is 5.80. The maximum atomic E-state index is 11.1.